The van der Waals surface area contributed by atoms with E-state index in [-0.39, 0.29) is 9.99 Å². The number of hydrogen-bond donors (Lipinski definition) is 0. The predicted octanol–water partition coefficient (Wildman–Crippen LogP) is 3.75. The number of anilines is 1. The zero-order valence-electron chi connectivity index (χ0n) is 7.16. The van der Waals surface area contributed by atoms with Gasteiger partial charge in [-0.1, -0.05) is 18.2 Å². The van der Waals surface area contributed by atoms with Crippen molar-refractivity contribution in [1.82, 2.24) is 0 Å². The monoisotopic (exact) mass is 239 g/mol. The number of rotatable bonds is 2. The average Bonchev–Trinajstić information content (AvgIpc) is 2.14. The first-order valence-electron chi connectivity index (χ1n) is 3.70. The van der Waals surface area contributed by atoms with E-state index in [1.54, 1.807) is 6.07 Å². The molecule has 0 heterocycles. The van der Waals surface area contributed by atoms with E-state index in [9.17, 15) is 22.4 Å². The maximum absolute atomic E-state index is 12.3. The van der Waals surface area contributed by atoms with E-state index in [0.29, 0.717) is 0 Å². The first-order valence-corrected chi connectivity index (χ1v) is 4.48. The van der Waals surface area contributed by atoms with Gasteiger partial charge in [0.1, 0.15) is 0 Å². The summed E-state index contributed by atoms with van der Waals surface area (Å²) in [5.74, 6) is 0. The van der Waals surface area contributed by atoms with Gasteiger partial charge in [0.05, 0.1) is 17.6 Å². The Kier molecular flexibility index (Phi) is 3.57. The van der Waals surface area contributed by atoms with Crippen LogP contribution in [0.5, 0.6) is 0 Å². The highest BCUT2D eigenvalue weighted by Gasteiger charge is 2.36. The van der Waals surface area contributed by atoms with E-state index >= 15 is 0 Å². The SMILES string of the molecule is O=C(F)N(SC(F)(F)F)c1ccccc1. The van der Waals surface area contributed by atoms with E-state index in [1.165, 1.54) is 24.3 Å². The molecule has 1 amide bonds. The lowest BCUT2D eigenvalue weighted by Gasteiger charge is -2.17. The van der Waals surface area contributed by atoms with Crippen molar-refractivity contribution in [3.05, 3.63) is 30.3 Å². The second-order valence-electron chi connectivity index (χ2n) is 2.42. The summed E-state index contributed by atoms with van der Waals surface area (Å²) in [5.41, 5.74) is -4.87. The highest BCUT2D eigenvalue weighted by atomic mass is 32.2. The van der Waals surface area contributed by atoms with Crippen molar-refractivity contribution in [1.29, 1.82) is 0 Å². The summed E-state index contributed by atoms with van der Waals surface area (Å²) < 4.78 is 48.2. The van der Waals surface area contributed by atoms with Gasteiger partial charge in [0.25, 0.3) is 0 Å². The smallest absolute Gasteiger partial charge is 0.233 e. The highest BCUT2D eigenvalue weighted by Crippen LogP contribution is 2.36. The molecule has 0 atom stereocenters. The van der Waals surface area contributed by atoms with Crippen LogP contribution >= 0.6 is 11.9 Å². The molecule has 0 bridgehead atoms. The summed E-state index contributed by atoms with van der Waals surface area (Å²) in [4.78, 5) is 10.4. The second kappa shape index (κ2) is 4.52. The van der Waals surface area contributed by atoms with Gasteiger partial charge in [-0.15, -0.1) is 4.39 Å². The number of nitrogens with zero attached hydrogens (tertiary/aromatic N) is 1. The summed E-state index contributed by atoms with van der Waals surface area (Å²) in [5, 5.41) is 0. The van der Waals surface area contributed by atoms with Crippen molar-refractivity contribution < 1.29 is 22.4 Å². The van der Waals surface area contributed by atoms with Gasteiger partial charge in [0.15, 0.2) is 0 Å². The van der Waals surface area contributed by atoms with Crippen LogP contribution in [0.4, 0.5) is 28.0 Å². The third-order valence-electron chi connectivity index (χ3n) is 1.35. The largest absolute Gasteiger partial charge is 0.462 e. The fourth-order valence-corrected chi connectivity index (χ4v) is 1.36. The third kappa shape index (κ3) is 3.78. The first kappa shape index (κ1) is 11.8. The van der Waals surface area contributed by atoms with Gasteiger partial charge in [-0.05, 0) is 12.1 Å². The number of amides is 1. The second-order valence-corrected chi connectivity index (χ2v) is 3.43. The Morgan fingerprint density at radius 1 is 1.20 bits per heavy atom. The molecule has 1 rings (SSSR count). The maximum Gasteiger partial charge on any atom is 0.462 e. The van der Waals surface area contributed by atoms with E-state index in [1.807, 2.05) is 0 Å². The number of alkyl halides is 3. The average molecular weight is 239 g/mol. The number of benzene rings is 1. The number of halogens is 4. The van der Waals surface area contributed by atoms with Crippen molar-refractivity contribution >= 4 is 23.8 Å². The van der Waals surface area contributed by atoms with Gasteiger partial charge in [0.2, 0.25) is 0 Å². The Bertz CT molecular complexity index is 340. The number of carbonyl (C=O) groups is 1. The molecular formula is C8H5F4NOS. The predicted molar refractivity (Wildman–Crippen MR) is 49.1 cm³/mol. The summed E-state index contributed by atoms with van der Waals surface area (Å²) >= 11 is -0.828. The molecule has 0 fully saturated rings. The molecule has 15 heavy (non-hydrogen) atoms. The maximum atomic E-state index is 12.3. The number of para-hydroxylation sites is 1. The van der Waals surface area contributed by atoms with Gasteiger partial charge in [-0.3, -0.25) is 0 Å². The Morgan fingerprint density at radius 2 is 1.73 bits per heavy atom. The minimum atomic E-state index is -4.71. The van der Waals surface area contributed by atoms with E-state index in [2.05, 4.69) is 0 Å². The van der Waals surface area contributed by atoms with Crippen molar-refractivity contribution in [2.75, 3.05) is 4.31 Å². The van der Waals surface area contributed by atoms with Gasteiger partial charge in [-0.25, -0.2) is 9.10 Å². The Morgan fingerprint density at radius 3 is 2.13 bits per heavy atom. The molecule has 0 unspecified atom stereocenters. The van der Waals surface area contributed by atoms with Crippen LogP contribution in [0.3, 0.4) is 0 Å². The first-order chi connectivity index (χ1) is 6.90. The minimum Gasteiger partial charge on any atom is -0.233 e. The molecule has 82 valence electrons. The normalized spacial score (nSPS) is 11.2. The highest BCUT2D eigenvalue weighted by molar-refractivity contribution is 8.02. The number of hydrogen-bond acceptors (Lipinski definition) is 2. The molecule has 0 spiro atoms. The molecule has 0 saturated carbocycles. The van der Waals surface area contributed by atoms with Gasteiger partial charge >= 0.3 is 11.7 Å². The summed E-state index contributed by atoms with van der Waals surface area (Å²) in [6.07, 6.45) is -2.16. The lowest BCUT2D eigenvalue weighted by molar-refractivity contribution is -0.0329. The Labute approximate surface area is 87.0 Å². The van der Waals surface area contributed by atoms with E-state index in [0.717, 1.165) is 0 Å². The van der Waals surface area contributed by atoms with Crippen LogP contribution in [0, 0.1) is 0 Å². The zero-order chi connectivity index (χ0) is 11.5. The summed E-state index contributed by atoms with van der Waals surface area (Å²) in [6.45, 7) is 0. The minimum absolute atomic E-state index is 0.0556. The molecule has 0 aliphatic carbocycles. The standard InChI is InChI=1S/C8H5F4NOS/c9-7(14)13(15-8(10,11)12)6-4-2-1-3-5-6/h1-5H. The molecule has 0 saturated heterocycles. The molecule has 0 aliphatic rings. The van der Waals surface area contributed by atoms with Crippen LogP contribution in [-0.2, 0) is 0 Å². The fourth-order valence-electron chi connectivity index (χ4n) is 0.857. The Hall–Kier alpha value is -1.24. The zero-order valence-corrected chi connectivity index (χ0v) is 7.98. The van der Waals surface area contributed by atoms with Gasteiger partial charge in [-0.2, -0.15) is 13.2 Å². The molecule has 1 aromatic rings. The third-order valence-corrected chi connectivity index (χ3v) is 2.09. The molecule has 7 heteroatoms. The molecule has 2 nitrogen and oxygen atoms in total. The van der Waals surface area contributed by atoms with Crippen LogP contribution in [0.1, 0.15) is 0 Å². The number of carbonyl (C=O) groups excluding carboxylic acids is 1. The summed E-state index contributed by atoms with van der Waals surface area (Å²) in [6, 6.07) is 6.76. The lowest BCUT2D eigenvalue weighted by atomic mass is 10.3. The topological polar surface area (TPSA) is 20.3 Å². The van der Waals surface area contributed by atoms with E-state index in [4.69, 9.17) is 0 Å². The van der Waals surface area contributed by atoms with Crippen molar-refractivity contribution in [3.8, 4) is 0 Å². The van der Waals surface area contributed by atoms with Crippen LogP contribution < -0.4 is 4.31 Å². The van der Waals surface area contributed by atoms with Crippen molar-refractivity contribution in [2.45, 2.75) is 5.51 Å². The van der Waals surface area contributed by atoms with Crippen LogP contribution in [0.2, 0.25) is 0 Å². The molecule has 0 aliphatic heterocycles. The van der Waals surface area contributed by atoms with Crippen LogP contribution in [-0.4, -0.2) is 11.7 Å². The molecule has 0 N–H and O–H groups in total. The van der Waals surface area contributed by atoms with Crippen LogP contribution in [0.25, 0.3) is 0 Å². The van der Waals surface area contributed by atoms with Crippen molar-refractivity contribution in [2.24, 2.45) is 0 Å². The molecular weight excluding hydrogens is 234 g/mol. The van der Waals surface area contributed by atoms with Gasteiger partial charge < -0.3 is 0 Å². The molecule has 1 aromatic carbocycles. The van der Waals surface area contributed by atoms with Crippen LogP contribution in [0.15, 0.2) is 30.3 Å². The fraction of sp³-hybridized carbons (Fsp3) is 0.125. The lowest BCUT2D eigenvalue weighted by Crippen LogP contribution is -2.23. The van der Waals surface area contributed by atoms with Gasteiger partial charge in [0, 0.05) is 0 Å². The summed E-state index contributed by atoms with van der Waals surface area (Å²) in [7, 11) is 0. The quantitative estimate of drug-likeness (QED) is 0.339. The Balaban J connectivity index is 2.90. The molecule has 0 radical (unpaired) electrons. The molecule has 0 aromatic heterocycles. The van der Waals surface area contributed by atoms with E-state index < -0.39 is 23.6 Å². The van der Waals surface area contributed by atoms with Crippen molar-refractivity contribution in [3.63, 3.8) is 0 Å².